The molecule has 5 nitrogen and oxygen atoms in total. The Kier molecular flexibility index (Phi) is 6.03. The third-order valence-corrected chi connectivity index (χ3v) is 4.72. The summed E-state index contributed by atoms with van der Waals surface area (Å²) in [5.74, 6) is 0. The molecular formula is C13H25N3O2S. The maximum Gasteiger partial charge on any atom is 0.244 e. The Hall–Kier alpha value is -0.850. The fourth-order valence-corrected chi connectivity index (χ4v) is 2.83. The van der Waals surface area contributed by atoms with Crippen molar-refractivity contribution in [2.45, 2.75) is 44.7 Å². The van der Waals surface area contributed by atoms with Crippen molar-refractivity contribution < 1.29 is 8.42 Å². The monoisotopic (exact) mass is 287 g/mol. The normalized spacial score (nSPS) is 12.3. The van der Waals surface area contributed by atoms with Crippen LogP contribution in [0.25, 0.3) is 0 Å². The van der Waals surface area contributed by atoms with Crippen LogP contribution in [0.2, 0.25) is 0 Å². The van der Waals surface area contributed by atoms with E-state index in [1.165, 1.54) is 4.31 Å². The molecule has 0 saturated heterocycles. The summed E-state index contributed by atoms with van der Waals surface area (Å²) in [5.41, 5.74) is 1.02. The molecule has 0 aliphatic rings. The molecule has 0 unspecified atom stereocenters. The van der Waals surface area contributed by atoms with Gasteiger partial charge in [-0.1, -0.05) is 13.8 Å². The number of nitrogens with one attached hydrogen (secondary N) is 1. The molecule has 0 radical (unpaired) electrons. The van der Waals surface area contributed by atoms with Crippen LogP contribution in [0.4, 0.5) is 0 Å². The Bertz CT molecular complexity index is 492. The van der Waals surface area contributed by atoms with Gasteiger partial charge in [0.15, 0.2) is 0 Å². The van der Waals surface area contributed by atoms with E-state index >= 15 is 0 Å². The molecule has 0 aliphatic carbocycles. The lowest BCUT2D eigenvalue weighted by Gasteiger charge is -2.08. The van der Waals surface area contributed by atoms with Gasteiger partial charge in [0.05, 0.1) is 0 Å². The summed E-state index contributed by atoms with van der Waals surface area (Å²) in [6.45, 7) is 6.68. The maximum absolute atomic E-state index is 12.1. The molecule has 0 aliphatic heterocycles. The lowest BCUT2D eigenvalue weighted by molar-refractivity contribution is 0.520. The predicted molar refractivity (Wildman–Crippen MR) is 77.6 cm³/mol. The van der Waals surface area contributed by atoms with Crippen LogP contribution in [0.3, 0.4) is 0 Å². The van der Waals surface area contributed by atoms with E-state index in [1.807, 2.05) is 4.57 Å². The van der Waals surface area contributed by atoms with Crippen LogP contribution < -0.4 is 5.32 Å². The molecule has 6 heteroatoms. The quantitative estimate of drug-likeness (QED) is 0.740. The lowest BCUT2D eigenvalue weighted by Crippen LogP contribution is -2.21. The minimum Gasteiger partial charge on any atom is -0.349 e. The van der Waals surface area contributed by atoms with Crippen molar-refractivity contribution >= 4 is 10.0 Å². The van der Waals surface area contributed by atoms with Gasteiger partial charge in [-0.3, -0.25) is 0 Å². The molecule has 0 amide bonds. The van der Waals surface area contributed by atoms with E-state index in [4.69, 9.17) is 0 Å². The second-order valence-electron chi connectivity index (χ2n) is 4.82. The molecule has 110 valence electrons. The molecule has 1 rings (SSSR count). The number of rotatable bonds is 8. The Labute approximate surface area is 116 Å². The van der Waals surface area contributed by atoms with Crippen LogP contribution in [0.5, 0.6) is 0 Å². The summed E-state index contributed by atoms with van der Waals surface area (Å²) >= 11 is 0. The Morgan fingerprint density at radius 3 is 2.47 bits per heavy atom. The summed E-state index contributed by atoms with van der Waals surface area (Å²) in [4.78, 5) is 0.374. The second kappa shape index (κ2) is 7.07. The molecule has 0 fully saturated rings. The van der Waals surface area contributed by atoms with E-state index in [2.05, 4.69) is 19.2 Å². The number of hydrogen-bond acceptors (Lipinski definition) is 3. The van der Waals surface area contributed by atoms with Gasteiger partial charge in [-0.15, -0.1) is 0 Å². The average molecular weight is 287 g/mol. The maximum atomic E-state index is 12.1. The summed E-state index contributed by atoms with van der Waals surface area (Å²) in [5, 5.41) is 3.31. The number of sulfonamides is 1. The third-order valence-electron chi connectivity index (χ3n) is 2.94. The molecular weight excluding hydrogens is 262 g/mol. The highest BCUT2D eigenvalue weighted by molar-refractivity contribution is 7.89. The SMILES string of the molecule is CCCNCc1cc(S(=O)(=O)N(C)C)cn1CCC. The van der Waals surface area contributed by atoms with E-state index in [9.17, 15) is 8.42 Å². The molecule has 0 spiro atoms. The molecule has 0 bridgehead atoms. The van der Waals surface area contributed by atoms with Crippen molar-refractivity contribution in [1.29, 1.82) is 0 Å². The Morgan fingerprint density at radius 2 is 1.95 bits per heavy atom. The van der Waals surface area contributed by atoms with Crippen molar-refractivity contribution in [2.75, 3.05) is 20.6 Å². The predicted octanol–water partition coefficient (Wildman–Crippen LogP) is 1.65. The summed E-state index contributed by atoms with van der Waals surface area (Å²) in [6, 6.07) is 1.77. The van der Waals surface area contributed by atoms with Crippen LogP contribution in [-0.4, -0.2) is 37.9 Å². The molecule has 19 heavy (non-hydrogen) atoms. The third kappa shape index (κ3) is 4.06. The zero-order valence-corrected chi connectivity index (χ0v) is 13.1. The number of hydrogen-bond donors (Lipinski definition) is 1. The van der Waals surface area contributed by atoms with E-state index < -0.39 is 10.0 Å². The topological polar surface area (TPSA) is 54.3 Å². The van der Waals surface area contributed by atoms with Gasteiger partial charge in [0.25, 0.3) is 0 Å². The van der Waals surface area contributed by atoms with Crippen molar-refractivity contribution in [3.8, 4) is 0 Å². The average Bonchev–Trinajstić information content (AvgIpc) is 2.74. The fraction of sp³-hybridized carbons (Fsp3) is 0.692. The molecule has 1 heterocycles. The highest BCUT2D eigenvalue weighted by atomic mass is 32.2. The minimum atomic E-state index is -3.34. The first-order chi connectivity index (χ1) is 8.93. The van der Waals surface area contributed by atoms with Crippen molar-refractivity contribution in [3.05, 3.63) is 18.0 Å². The Morgan fingerprint density at radius 1 is 1.26 bits per heavy atom. The van der Waals surface area contributed by atoms with Gasteiger partial charge in [0.2, 0.25) is 10.0 Å². The van der Waals surface area contributed by atoms with Crippen molar-refractivity contribution in [1.82, 2.24) is 14.2 Å². The van der Waals surface area contributed by atoms with Gasteiger partial charge in [0.1, 0.15) is 4.90 Å². The lowest BCUT2D eigenvalue weighted by atomic mass is 10.4. The van der Waals surface area contributed by atoms with Crippen LogP contribution in [-0.2, 0) is 23.1 Å². The smallest absolute Gasteiger partial charge is 0.244 e. The first-order valence-corrected chi connectivity index (χ1v) is 8.19. The molecule has 0 saturated carbocycles. The summed E-state index contributed by atoms with van der Waals surface area (Å²) in [6.07, 6.45) is 3.79. The first-order valence-electron chi connectivity index (χ1n) is 6.75. The van der Waals surface area contributed by atoms with Crippen molar-refractivity contribution in [2.24, 2.45) is 0 Å². The minimum absolute atomic E-state index is 0.374. The van der Waals surface area contributed by atoms with E-state index in [0.717, 1.165) is 31.6 Å². The Balaban J connectivity index is 3.00. The van der Waals surface area contributed by atoms with Gasteiger partial charge in [0, 0.05) is 39.1 Å². The van der Waals surface area contributed by atoms with Crippen LogP contribution in [0.15, 0.2) is 17.2 Å². The van der Waals surface area contributed by atoms with Gasteiger partial charge in [-0.05, 0) is 25.5 Å². The highest BCUT2D eigenvalue weighted by Gasteiger charge is 2.20. The molecule has 1 aromatic rings. The van der Waals surface area contributed by atoms with E-state index in [0.29, 0.717) is 11.4 Å². The van der Waals surface area contributed by atoms with Crippen molar-refractivity contribution in [3.63, 3.8) is 0 Å². The zero-order valence-electron chi connectivity index (χ0n) is 12.3. The van der Waals surface area contributed by atoms with Gasteiger partial charge in [-0.2, -0.15) is 0 Å². The number of aromatic nitrogens is 1. The molecule has 0 atom stereocenters. The molecule has 1 N–H and O–H groups in total. The number of aryl methyl sites for hydroxylation is 1. The first kappa shape index (κ1) is 16.2. The highest BCUT2D eigenvalue weighted by Crippen LogP contribution is 2.17. The van der Waals surface area contributed by atoms with Gasteiger partial charge >= 0.3 is 0 Å². The summed E-state index contributed by atoms with van der Waals surface area (Å²) < 4.78 is 27.5. The van der Waals surface area contributed by atoms with E-state index in [-0.39, 0.29) is 0 Å². The summed E-state index contributed by atoms with van der Waals surface area (Å²) in [7, 11) is -0.229. The van der Waals surface area contributed by atoms with Gasteiger partial charge in [-0.25, -0.2) is 12.7 Å². The molecule has 1 aromatic heterocycles. The van der Waals surface area contributed by atoms with Gasteiger partial charge < -0.3 is 9.88 Å². The van der Waals surface area contributed by atoms with Crippen LogP contribution in [0.1, 0.15) is 32.4 Å². The van der Waals surface area contributed by atoms with Crippen LogP contribution in [0, 0.1) is 0 Å². The molecule has 0 aromatic carbocycles. The largest absolute Gasteiger partial charge is 0.349 e. The second-order valence-corrected chi connectivity index (χ2v) is 6.98. The fourth-order valence-electron chi connectivity index (χ4n) is 1.87. The standard InChI is InChI=1S/C13H25N3O2S/c1-5-7-14-10-12-9-13(11-16(12)8-6-2)19(17,18)15(3)4/h9,11,14H,5-8,10H2,1-4H3. The zero-order chi connectivity index (χ0) is 14.5. The van der Waals surface area contributed by atoms with Crippen LogP contribution >= 0.6 is 0 Å². The number of nitrogens with zero attached hydrogens (tertiary/aromatic N) is 2. The van der Waals surface area contributed by atoms with E-state index in [1.54, 1.807) is 26.4 Å².